The van der Waals surface area contributed by atoms with Gasteiger partial charge in [-0.05, 0) is 12.5 Å². The minimum absolute atomic E-state index is 0.585. The summed E-state index contributed by atoms with van der Waals surface area (Å²) in [6.45, 7) is 5.94. The molecule has 25 heavy (non-hydrogen) atoms. The van der Waals surface area contributed by atoms with Gasteiger partial charge in [0.2, 0.25) is 0 Å². The topological polar surface area (TPSA) is 59.3 Å². The Morgan fingerprint density at radius 3 is 2.80 bits per heavy atom. The highest BCUT2D eigenvalue weighted by atomic mass is 32.2. The number of rotatable bonds is 4. The van der Waals surface area contributed by atoms with E-state index in [9.17, 15) is 0 Å². The molecule has 0 spiro atoms. The molecule has 2 aliphatic heterocycles. The number of fused-ring (bicyclic) bond motifs is 1. The molecule has 0 aliphatic carbocycles. The molecule has 134 valence electrons. The van der Waals surface area contributed by atoms with Crippen molar-refractivity contribution in [3.8, 4) is 5.88 Å². The van der Waals surface area contributed by atoms with Crippen LogP contribution in [0.1, 0.15) is 17.8 Å². The van der Waals surface area contributed by atoms with Gasteiger partial charge in [-0.1, -0.05) is 0 Å². The van der Waals surface area contributed by atoms with E-state index in [4.69, 9.17) is 9.84 Å². The average Bonchev–Trinajstić information content (AvgIpc) is 2.92. The van der Waals surface area contributed by atoms with Gasteiger partial charge in [0, 0.05) is 56.6 Å². The van der Waals surface area contributed by atoms with Gasteiger partial charge in [0.05, 0.1) is 25.0 Å². The van der Waals surface area contributed by atoms with Gasteiger partial charge in [-0.3, -0.25) is 9.58 Å². The fourth-order valence-corrected chi connectivity index (χ4v) is 4.43. The minimum atomic E-state index is 0.585. The molecule has 2 aliphatic rings. The zero-order valence-corrected chi connectivity index (χ0v) is 15.4. The van der Waals surface area contributed by atoms with Crippen LogP contribution in [0.25, 0.3) is 0 Å². The molecule has 8 heteroatoms. The summed E-state index contributed by atoms with van der Waals surface area (Å²) >= 11 is 2.04. The van der Waals surface area contributed by atoms with Gasteiger partial charge in [-0.25, -0.2) is 9.97 Å². The Morgan fingerprint density at radius 1 is 1.12 bits per heavy atom. The number of methoxy groups -OCH3 is 1. The summed E-state index contributed by atoms with van der Waals surface area (Å²) in [5, 5.41) is 4.85. The fourth-order valence-electron chi connectivity index (χ4n) is 3.45. The molecule has 0 N–H and O–H groups in total. The van der Waals surface area contributed by atoms with Crippen LogP contribution >= 0.6 is 11.8 Å². The summed E-state index contributed by atoms with van der Waals surface area (Å²) in [7, 11) is 1.64. The Morgan fingerprint density at radius 2 is 1.96 bits per heavy atom. The van der Waals surface area contributed by atoms with Crippen molar-refractivity contribution in [3.63, 3.8) is 0 Å². The number of anilines is 1. The first-order valence-electron chi connectivity index (χ1n) is 8.79. The van der Waals surface area contributed by atoms with Crippen LogP contribution in [0.2, 0.25) is 0 Å². The molecule has 1 fully saturated rings. The molecule has 0 bridgehead atoms. The second-order valence-corrected chi connectivity index (χ2v) is 7.63. The van der Waals surface area contributed by atoms with E-state index in [-0.39, 0.29) is 0 Å². The molecule has 0 amide bonds. The fraction of sp³-hybridized carbons (Fsp3) is 0.588. The van der Waals surface area contributed by atoms with Gasteiger partial charge in [-0.2, -0.15) is 16.9 Å². The molecule has 2 aromatic heterocycles. The summed E-state index contributed by atoms with van der Waals surface area (Å²) in [6, 6.07) is 2.25. The highest BCUT2D eigenvalue weighted by molar-refractivity contribution is 7.99. The summed E-state index contributed by atoms with van der Waals surface area (Å²) in [6.07, 6.45) is 4.42. The van der Waals surface area contributed by atoms with Crippen molar-refractivity contribution < 1.29 is 4.74 Å². The third kappa shape index (κ3) is 3.74. The van der Waals surface area contributed by atoms with Crippen molar-refractivity contribution in [2.75, 3.05) is 43.1 Å². The molecule has 0 unspecified atom stereocenters. The van der Waals surface area contributed by atoms with Gasteiger partial charge < -0.3 is 9.64 Å². The van der Waals surface area contributed by atoms with Crippen LogP contribution in [0.3, 0.4) is 0 Å². The number of hydrogen-bond acceptors (Lipinski definition) is 7. The van der Waals surface area contributed by atoms with Crippen LogP contribution in [0.4, 0.5) is 5.82 Å². The van der Waals surface area contributed by atoms with Crippen LogP contribution < -0.4 is 9.64 Å². The maximum Gasteiger partial charge on any atom is 0.257 e. The average molecular weight is 360 g/mol. The van der Waals surface area contributed by atoms with E-state index < -0.39 is 0 Å². The lowest BCUT2D eigenvalue weighted by Gasteiger charge is -2.25. The van der Waals surface area contributed by atoms with Crippen molar-refractivity contribution >= 4 is 17.6 Å². The number of aryl methyl sites for hydroxylation is 1. The van der Waals surface area contributed by atoms with Gasteiger partial charge in [0.1, 0.15) is 0 Å². The van der Waals surface area contributed by atoms with Crippen LogP contribution in [0, 0.1) is 0 Å². The molecular formula is C17H24N6OS. The molecule has 4 heterocycles. The Kier molecular flexibility index (Phi) is 5.07. The van der Waals surface area contributed by atoms with E-state index >= 15 is 0 Å². The quantitative estimate of drug-likeness (QED) is 0.821. The predicted molar refractivity (Wildman–Crippen MR) is 99.1 cm³/mol. The molecule has 0 atom stereocenters. The maximum atomic E-state index is 5.39. The predicted octanol–water partition coefficient (Wildman–Crippen LogP) is 1.64. The normalized spacial score (nSPS) is 18.7. The first-order valence-corrected chi connectivity index (χ1v) is 9.94. The zero-order valence-electron chi connectivity index (χ0n) is 14.6. The van der Waals surface area contributed by atoms with Crippen LogP contribution in [-0.4, -0.2) is 62.9 Å². The summed E-state index contributed by atoms with van der Waals surface area (Å²) in [5.41, 5.74) is 2.42. The second kappa shape index (κ2) is 7.61. The van der Waals surface area contributed by atoms with E-state index in [1.165, 1.54) is 22.9 Å². The minimum Gasteiger partial charge on any atom is -0.478 e. The molecule has 4 rings (SSSR count). The summed E-state index contributed by atoms with van der Waals surface area (Å²) < 4.78 is 7.55. The highest BCUT2D eigenvalue weighted by Gasteiger charge is 2.21. The SMILES string of the molecule is COc1nccnc1N1CCCn2nc(CN3CCSCC3)cc2C1. The zero-order chi connectivity index (χ0) is 17.1. The standard InChI is InChI=1S/C17H24N6OS/c1-24-17-16(18-3-4-19-17)22-5-2-6-23-15(13-22)11-14(20-23)12-21-7-9-25-10-8-21/h3-4,11H,2,5-10,12-13H2,1H3. The Balaban J connectivity index is 1.52. The van der Waals surface area contributed by atoms with Crippen molar-refractivity contribution in [2.45, 2.75) is 26.1 Å². The smallest absolute Gasteiger partial charge is 0.257 e. The Hall–Kier alpha value is -1.80. The summed E-state index contributed by atoms with van der Waals surface area (Å²) in [5.74, 6) is 3.86. The molecule has 7 nitrogen and oxygen atoms in total. The van der Waals surface area contributed by atoms with Crippen molar-refractivity contribution in [2.24, 2.45) is 0 Å². The molecule has 0 radical (unpaired) electrons. The molecule has 0 aromatic carbocycles. The van der Waals surface area contributed by atoms with E-state index in [1.807, 2.05) is 11.8 Å². The van der Waals surface area contributed by atoms with Gasteiger partial charge >= 0.3 is 0 Å². The van der Waals surface area contributed by atoms with Crippen molar-refractivity contribution in [1.29, 1.82) is 0 Å². The molecule has 0 saturated carbocycles. The van der Waals surface area contributed by atoms with Gasteiger partial charge in [0.15, 0.2) is 5.82 Å². The lowest BCUT2D eigenvalue weighted by Crippen LogP contribution is -2.32. The lowest BCUT2D eigenvalue weighted by atomic mass is 10.3. The number of thioether (sulfide) groups is 1. The van der Waals surface area contributed by atoms with Crippen LogP contribution in [0.15, 0.2) is 18.5 Å². The van der Waals surface area contributed by atoms with Crippen molar-refractivity contribution in [3.05, 3.63) is 29.8 Å². The summed E-state index contributed by atoms with van der Waals surface area (Å²) in [4.78, 5) is 13.5. The Bertz CT molecular complexity index is 715. The number of nitrogens with zero attached hydrogens (tertiary/aromatic N) is 6. The van der Waals surface area contributed by atoms with E-state index in [0.717, 1.165) is 51.5 Å². The number of ether oxygens (including phenoxy) is 1. The third-order valence-corrected chi connectivity index (χ3v) is 5.64. The second-order valence-electron chi connectivity index (χ2n) is 6.40. The maximum absolute atomic E-state index is 5.39. The number of hydrogen-bond donors (Lipinski definition) is 0. The monoisotopic (exact) mass is 360 g/mol. The largest absolute Gasteiger partial charge is 0.478 e. The molecule has 1 saturated heterocycles. The van der Waals surface area contributed by atoms with E-state index in [0.29, 0.717) is 5.88 Å². The van der Waals surface area contributed by atoms with Crippen LogP contribution in [0.5, 0.6) is 5.88 Å². The first kappa shape index (κ1) is 16.7. The van der Waals surface area contributed by atoms with Crippen molar-refractivity contribution in [1.82, 2.24) is 24.6 Å². The Labute approximate surface area is 152 Å². The van der Waals surface area contributed by atoms with E-state index in [2.05, 4.69) is 30.5 Å². The third-order valence-electron chi connectivity index (χ3n) is 4.69. The highest BCUT2D eigenvalue weighted by Crippen LogP contribution is 2.26. The van der Waals surface area contributed by atoms with E-state index in [1.54, 1.807) is 19.5 Å². The number of aromatic nitrogens is 4. The molecule has 2 aromatic rings. The van der Waals surface area contributed by atoms with Gasteiger partial charge in [0.25, 0.3) is 5.88 Å². The first-order chi connectivity index (χ1) is 12.3. The lowest BCUT2D eigenvalue weighted by molar-refractivity contribution is 0.289. The van der Waals surface area contributed by atoms with Gasteiger partial charge in [-0.15, -0.1) is 0 Å². The van der Waals surface area contributed by atoms with Crippen LogP contribution in [-0.2, 0) is 19.6 Å². The molecular weight excluding hydrogens is 336 g/mol.